The van der Waals surface area contributed by atoms with Crippen molar-refractivity contribution in [3.63, 3.8) is 0 Å². The molecule has 7 nitrogen and oxygen atoms in total. The van der Waals surface area contributed by atoms with Crippen molar-refractivity contribution >= 4 is 17.6 Å². The molecule has 0 bridgehead atoms. The fraction of sp³-hybridized carbons (Fsp3) is 0.250. The molecule has 1 heterocycles. The summed E-state index contributed by atoms with van der Waals surface area (Å²) < 4.78 is 4.92. The smallest absolute Gasteiger partial charge is 0.273 e. The number of carbonyl (C=O) groups is 2. The van der Waals surface area contributed by atoms with Gasteiger partial charge in [0.2, 0.25) is 0 Å². The third kappa shape index (κ3) is 4.86. The number of methoxy groups -OCH3 is 1. The quantitative estimate of drug-likeness (QED) is 0.755. The van der Waals surface area contributed by atoms with Gasteiger partial charge in [0.05, 0.1) is 0 Å². The Hall–Kier alpha value is -2.80. The minimum Gasteiger partial charge on any atom is -0.385 e. The maximum Gasteiger partial charge on any atom is 0.273 e. The third-order valence-corrected chi connectivity index (χ3v) is 2.99. The number of rotatable bonds is 7. The van der Waals surface area contributed by atoms with Crippen LogP contribution >= 0.6 is 0 Å². The van der Waals surface area contributed by atoms with E-state index in [1.807, 2.05) is 6.07 Å². The van der Waals surface area contributed by atoms with Crippen molar-refractivity contribution in [2.45, 2.75) is 6.42 Å². The summed E-state index contributed by atoms with van der Waals surface area (Å²) in [5.41, 5.74) is 0.554. The van der Waals surface area contributed by atoms with Crippen LogP contribution in [0.25, 0.3) is 0 Å². The second kappa shape index (κ2) is 8.60. The lowest BCUT2D eigenvalue weighted by atomic mass is 10.2. The molecule has 23 heavy (non-hydrogen) atoms. The van der Waals surface area contributed by atoms with Gasteiger partial charge in [-0.15, -0.1) is 0 Å². The van der Waals surface area contributed by atoms with Crippen molar-refractivity contribution in [1.82, 2.24) is 15.3 Å². The molecule has 120 valence electrons. The highest BCUT2D eigenvalue weighted by Crippen LogP contribution is 2.10. The zero-order valence-electron chi connectivity index (χ0n) is 12.8. The molecule has 0 spiro atoms. The molecule has 2 rings (SSSR count). The van der Waals surface area contributed by atoms with Gasteiger partial charge in [0.15, 0.2) is 11.5 Å². The average molecular weight is 314 g/mol. The van der Waals surface area contributed by atoms with Crippen molar-refractivity contribution in [3.05, 3.63) is 54.0 Å². The number of carbonyl (C=O) groups excluding carboxylic acids is 2. The molecule has 0 atom stereocenters. The Morgan fingerprint density at radius 3 is 2.57 bits per heavy atom. The fourth-order valence-electron chi connectivity index (χ4n) is 1.87. The third-order valence-electron chi connectivity index (χ3n) is 2.99. The molecule has 0 unspecified atom stereocenters. The SMILES string of the molecule is COCCCNC(=O)c1nccnc1NC(=O)c1ccccc1. The van der Waals surface area contributed by atoms with Crippen LogP contribution in [-0.2, 0) is 4.74 Å². The number of hydrogen-bond acceptors (Lipinski definition) is 5. The summed E-state index contributed by atoms with van der Waals surface area (Å²) in [6.45, 7) is 1.01. The maximum atomic E-state index is 12.2. The number of nitrogens with one attached hydrogen (secondary N) is 2. The van der Waals surface area contributed by atoms with Crippen LogP contribution in [0.5, 0.6) is 0 Å². The van der Waals surface area contributed by atoms with E-state index < -0.39 is 5.91 Å². The number of ether oxygens (including phenoxy) is 1. The molecule has 1 aromatic carbocycles. The minimum atomic E-state index is -0.391. The molecule has 2 aromatic rings. The molecular formula is C16H18N4O3. The zero-order valence-corrected chi connectivity index (χ0v) is 12.8. The van der Waals surface area contributed by atoms with Gasteiger partial charge >= 0.3 is 0 Å². The van der Waals surface area contributed by atoms with Gasteiger partial charge < -0.3 is 15.4 Å². The van der Waals surface area contributed by atoms with Crippen molar-refractivity contribution in [3.8, 4) is 0 Å². The van der Waals surface area contributed by atoms with Gasteiger partial charge in [-0.2, -0.15) is 0 Å². The zero-order chi connectivity index (χ0) is 16.5. The highest BCUT2D eigenvalue weighted by Gasteiger charge is 2.16. The topological polar surface area (TPSA) is 93.2 Å². The largest absolute Gasteiger partial charge is 0.385 e. The Morgan fingerprint density at radius 1 is 1.09 bits per heavy atom. The summed E-state index contributed by atoms with van der Waals surface area (Å²) in [4.78, 5) is 32.3. The van der Waals surface area contributed by atoms with Crippen LogP contribution in [0.1, 0.15) is 27.3 Å². The Kier molecular flexibility index (Phi) is 6.19. The summed E-state index contributed by atoms with van der Waals surface area (Å²) in [6.07, 6.45) is 3.51. The summed E-state index contributed by atoms with van der Waals surface area (Å²) in [7, 11) is 1.60. The first kappa shape index (κ1) is 16.6. The predicted octanol–water partition coefficient (Wildman–Crippen LogP) is 1.50. The summed E-state index contributed by atoms with van der Waals surface area (Å²) >= 11 is 0. The van der Waals surface area contributed by atoms with Crippen molar-refractivity contribution in [1.29, 1.82) is 0 Å². The Morgan fingerprint density at radius 2 is 1.83 bits per heavy atom. The lowest BCUT2D eigenvalue weighted by Gasteiger charge is -2.09. The Labute approximate surface area is 134 Å². The average Bonchev–Trinajstić information content (AvgIpc) is 2.60. The van der Waals surface area contributed by atoms with Gasteiger partial charge in [-0.1, -0.05) is 18.2 Å². The first-order valence-corrected chi connectivity index (χ1v) is 7.17. The number of aromatic nitrogens is 2. The van der Waals surface area contributed by atoms with E-state index in [0.717, 1.165) is 0 Å². The normalized spacial score (nSPS) is 10.1. The maximum absolute atomic E-state index is 12.2. The highest BCUT2D eigenvalue weighted by atomic mass is 16.5. The lowest BCUT2D eigenvalue weighted by molar-refractivity contribution is 0.0944. The fourth-order valence-corrected chi connectivity index (χ4v) is 1.87. The number of hydrogen-bond donors (Lipinski definition) is 2. The van der Waals surface area contributed by atoms with Gasteiger partial charge in [0.25, 0.3) is 11.8 Å². The van der Waals surface area contributed by atoms with E-state index in [9.17, 15) is 9.59 Å². The van der Waals surface area contributed by atoms with Crippen LogP contribution in [-0.4, -0.2) is 42.0 Å². The van der Waals surface area contributed by atoms with Crippen molar-refractivity contribution in [2.75, 3.05) is 25.6 Å². The molecular weight excluding hydrogens is 296 g/mol. The van der Waals surface area contributed by atoms with Crippen LogP contribution < -0.4 is 10.6 Å². The molecule has 0 aliphatic rings. The van der Waals surface area contributed by atoms with E-state index in [0.29, 0.717) is 25.1 Å². The molecule has 1 aromatic heterocycles. The lowest BCUT2D eigenvalue weighted by Crippen LogP contribution is -2.28. The Bertz CT molecular complexity index is 661. The second-order valence-electron chi connectivity index (χ2n) is 4.68. The van der Waals surface area contributed by atoms with Crippen molar-refractivity contribution < 1.29 is 14.3 Å². The van der Waals surface area contributed by atoms with Crippen LogP contribution in [0.15, 0.2) is 42.7 Å². The van der Waals surface area contributed by atoms with E-state index >= 15 is 0 Å². The van der Waals surface area contributed by atoms with Crippen LogP contribution in [0.3, 0.4) is 0 Å². The van der Waals surface area contributed by atoms with Gasteiger partial charge in [-0.3, -0.25) is 9.59 Å². The van der Waals surface area contributed by atoms with E-state index in [1.54, 1.807) is 31.4 Å². The molecule has 2 amide bonds. The van der Waals surface area contributed by atoms with Gasteiger partial charge in [-0.05, 0) is 18.6 Å². The molecule has 0 aliphatic carbocycles. The first-order chi connectivity index (χ1) is 11.2. The van der Waals surface area contributed by atoms with E-state index in [4.69, 9.17) is 4.74 Å². The second-order valence-corrected chi connectivity index (χ2v) is 4.68. The first-order valence-electron chi connectivity index (χ1n) is 7.17. The summed E-state index contributed by atoms with van der Waals surface area (Å²) in [6, 6.07) is 8.69. The number of benzene rings is 1. The molecule has 0 saturated carbocycles. The molecule has 2 N–H and O–H groups in total. The molecule has 0 saturated heterocycles. The standard InChI is InChI=1S/C16H18N4O3/c1-23-11-5-8-19-16(22)13-14(18-10-9-17-13)20-15(21)12-6-3-2-4-7-12/h2-4,6-7,9-10H,5,8,11H2,1H3,(H,19,22)(H,18,20,21). The number of anilines is 1. The minimum absolute atomic E-state index is 0.0780. The van der Waals surface area contributed by atoms with Crippen LogP contribution in [0.2, 0.25) is 0 Å². The van der Waals surface area contributed by atoms with E-state index in [-0.39, 0.29) is 17.4 Å². The van der Waals surface area contributed by atoms with Gasteiger partial charge in [-0.25, -0.2) is 9.97 Å². The Balaban J connectivity index is 2.05. The van der Waals surface area contributed by atoms with Gasteiger partial charge in [0.1, 0.15) is 0 Å². The van der Waals surface area contributed by atoms with Crippen LogP contribution in [0.4, 0.5) is 5.82 Å². The van der Waals surface area contributed by atoms with Crippen molar-refractivity contribution in [2.24, 2.45) is 0 Å². The van der Waals surface area contributed by atoms with Gasteiger partial charge in [0, 0.05) is 38.2 Å². The molecule has 0 fully saturated rings. The van der Waals surface area contributed by atoms with Crippen LogP contribution in [0, 0.1) is 0 Å². The van der Waals surface area contributed by atoms with E-state index in [1.165, 1.54) is 12.4 Å². The monoisotopic (exact) mass is 314 g/mol. The number of amides is 2. The van der Waals surface area contributed by atoms with E-state index in [2.05, 4.69) is 20.6 Å². The molecule has 7 heteroatoms. The predicted molar refractivity (Wildman–Crippen MR) is 85.3 cm³/mol. The molecule has 0 radical (unpaired) electrons. The highest BCUT2D eigenvalue weighted by molar-refractivity contribution is 6.07. The summed E-state index contributed by atoms with van der Waals surface area (Å²) in [5, 5.41) is 5.33. The molecule has 0 aliphatic heterocycles. The summed E-state index contributed by atoms with van der Waals surface area (Å²) in [5.74, 6) is -0.609. The number of nitrogens with zero attached hydrogens (tertiary/aromatic N) is 2.